The first-order valence-electron chi connectivity index (χ1n) is 17.2. The number of furan rings is 1. The highest BCUT2D eigenvalue weighted by molar-refractivity contribution is 6.20. The Kier molecular flexibility index (Phi) is 5.92. The fourth-order valence-electron chi connectivity index (χ4n) is 7.83. The zero-order valence-electron chi connectivity index (χ0n) is 27.3. The maximum absolute atomic E-state index is 6.58. The van der Waals surface area contributed by atoms with E-state index in [9.17, 15) is 0 Å². The van der Waals surface area contributed by atoms with Crippen molar-refractivity contribution in [3.05, 3.63) is 164 Å². The summed E-state index contributed by atoms with van der Waals surface area (Å²) in [6.45, 7) is 0. The third-order valence-electron chi connectivity index (χ3n) is 10.2. The number of benzene rings is 8. The van der Waals surface area contributed by atoms with E-state index < -0.39 is 0 Å². The maximum atomic E-state index is 6.58. The van der Waals surface area contributed by atoms with E-state index in [4.69, 9.17) is 19.4 Å². The van der Waals surface area contributed by atoms with Crippen LogP contribution in [0.2, 0.25) is 0 Å². The van der Waals surface area contributed by atoms with Crippen molar-refractivity contribution < 1.29 is 4.42 Å². The first-order valence-corrected chi connectivity index (χ1v) is 17.2. The number of fused-ring (bicyclic) bond motifs is 7. The van der Waals surface area contributed by atoms with Crippen LogP contribution in [0.1, 0.15) is 0 Å². The van der Waals surface area contributed by atoms with E-state index in [0.29, 0.717) is 17.5 Å². The van der Waals surface area contributed by atoms with Gasteiger partial charge in [0.15, 0.2) is 17.5 Å². The molecular weight excluding hydrogens is 623 g/mol. The van der Waals surface area contributed by atoms with E-state index in [-0.39, 0.29) is 0 Å². The van der Waals surface area contributed by atoms with Crippen LogP contribution in [0.5, 0.6) is 0 Å². The lowest BCUT2D eigenvalue weighted by molar-refractivity contribution is 0.669. The highest BCUT2D eigenvalue weighted by Crippen LogP contribution is 2.50. The third kappa shape index (κ3) is 4.37. The topological polar surface area (TPSA) is 51.8 Å². The number of hydrogen-bond donors (Lipinski definition) is 0. The molecule has 0 bridgehead atoms. The zero-order valence-corrected chi connectivity index (χ0v) is 27.3. The van der Waals surface area contributed by atoms with Gasteiger partial charge < -0.3 is 4.42 Å². The molecule has 0 aliphatic heterocycles. The second-order valence-corrected chi connectivity index (χ2v) is 13.2. The Bertz CT molecular complexity index is 3010. The standard InChI is InChI=1S/C47H27N3O/c1-3-10-28(11-4-1)31-20-21-33-25-34(23-22-32(33)24-31)46-48-45(30-12-5-2-6-13-30)49-47(50-46)37-18-9-19-41-44(37)40-26-38-35-16-7-14-29-15-8-17-36(43(29)35)39(38)27-42(40)51-41/h1-27H. The third-order valence-corrected chi connectivity index (χ3v) is 10.2. The van der Waals surface area contributed by atoms with Gasteiger partial charge in [0.05, 0.1) is 0 Å². The van der Waals surface area contributed by atoms with Crippen molar-refractivity contribution in [3.63, 3.8) is 0 Å². The minimum Gasteiger partial charge on any atom is -0.456 e. The van der Waals surface area contributed by atoms with Gasteiger partial charge in [0.25, 0.3) is 0 Å². The summed E-state index contributed by atoms with van der Waals surface area (Å²) in [5, 5.41) is 6.89. The van der Waals surface area contributed by atoms with Crippen LogP contribution >= 0.6 is 0 Å². The number of hydrogen-bond acceptors (Lipinski definition) is 4. The molecule has 236 valence electrons. The van der Waals surface area contributed by atoms with E-state index in [2.05, 4.69) is 115 Å². The van der Waals surface area contributed by atoms with E-state index >= 15 is 0 Å². The maximum Gasteiger partial charge on any atom is 0.164 e. The highest BCUT2D eigenvalue weighted by atomic mass is 16.3. The molecule has 8 aromatic carbocycles. The number of aromatic nitrogens is 3. The van der Waals surface area contributed by atoms with Gasteiger partial charge in [-0.15, -0.1) is 0 Å². The fourth-order valence-corrected chi connectivity index (χ4v) is 7.83. The monoisotopic (exact) mass is 649 g/mol. The minimum atomic E-state index is 0.609. The van der Waals surface area contributed by atoms with Crippen molar-refractivity contribution in [2.45, 2.75) is 0 Å². The molecule has 1 aliphatic rings. The van der Waals surface area contributed by atoms with Crippen LogP contribution in [0, 0.1) is 0 Å². The highest BCUT2D eigenvalue weighted by Gasteiger charge is 2.25. The molecule has 11 rings (SSSR count). The zero-order chi connectivity index (χ0) is 33.5. The molecule has 1 aliphatic carbocycles. The molecule has 0 N–H and O–H groups in total. The molecule has 0 spiro atoms. The average Bonchev–Trinajstić information content (AvgIpc) is 3.73. The smallest absolute Gasteiger partial charge is 0.164 e. The summed E-state index contributed by atoms with van der Waals surface area (Å²) in [7, 11) is 0. The molecule has 10 aromatic rings. The van der Waals surface area contributed by atoms with Gasteiger partial charge in [-0.3, -0.25) is 0 Å². The normalized spacial score (nSPS) is 11.9. The van der Waals surface area contributed by atoms with Gasteiger partial charge in [-0.05, 0) is 85.3 Å². The van der Waals surface area contributed by atoms with Gasteiger partial charge in [-0.2, -0.15) is 0 Å². The van der Waals surface area contributed by atoms with Crippen LogP contribution in [0.15, 0.2) is 168 Å². The Morgan fingerprint density at radius 1 is 0.314 bits per heavy atom. The molecule has 0 radical (unpaired) electrons. The summed E-state index contributed by atoms with van der Waals surface area (Å²) >= 11 is 0. The van der Waals surface area contributed by atoms with E-state index in [1.54, 1.807) is 0 Å². The van der Waals surface area contributed by atoms with Crippen LogP contribution < -0.4 is 0 Å². The number of nitrogens with zero attached hydrogens (tertiary/aromatic N) is 3. The molecule has 4 nitrogen and oxygen atoms in total. The first kappa shape index (κ1) is 28.0. The molecule has 0 unspecified atom stereocenters. The van der Waals surface area contributed by atoms with Crippen molar-refractivity contribution in [2.75, 3.05) is 0 Å². The van der Waals surface area contributed by atoms with Crippen molar-refractivity contribution in [3.8, 4) is 67.5 Å². The van der Waals surface area contributed by atoms with Crippen LogP contribution in [-0.2, 0) is 0 Å². The predicted molar refractivity (Wildman–Crippen MR) is 208 cm³/mol. The van der Waals surface area contributed by atoms with Crippen LogP contribution in [-0.4, -0.2) is 15.0 Å². The SMILES string of the molecule is c1ccc(-c2ccc3cc(-c4nc(-c5ccccc5)nc(-c5cccc6oc7cc8c(cc7c56)-c5cccc6cccc-8c56)n4)ccc3c2)cc1. The lowest BCUT2D eigenvalue weighted by atomic mass is 9.99. The lowest BCUT2D eigenvalue weighted by Crippen LogP contribution is -2.00. The van der Waals surface area contributed by atoms with Crippen LogP contribution in [0.3, 0.4) is 0 Å². The fraction of sp³-hybridized carbons (Fsp3) is 0. The van der Waals surface area contributed by atoms with Gasteiger partial charge in [0, 0.05) is 27.5 Å². The Labute approximate surface area is 293 Å². The molecule has 0 atom stereocenters. The summed E-state index contributed by atoms with van der Waals surface area (Å²) in [6.07, 6.45) is 0. The van der Waals surface area contributed by atoms with Gasteiger partial charge in [-0.1, -0.05) is 133 Å². The van der Waals surface area contributed by atoms with Crippen LogP contribution in [0.25, 0.3) is 111 Å². The van der Waals surface area contributed by atoms with Gasteiger partial charge in [-0.25, -0.2) is 15.0 Å². The molecule has 4 heteroatoms. The second kappa shape index (κ2) is 10.8. The van der Waals surface area contributed by atoms with Gasteiger partial charge in [0.1, 0.15) is 11.2 Å². The quantitative estimate of drug-likeness (QED) is 0.190. The largest absolute Gasteiger partial charge is 0.456 e. The van der Waals surface area contributed by atoms with Crippen LogP contribution in [0.4, 0.5) is 0 Å². The first-order chi connectivity index (χ1) is 25.2. The Morgan fingerprint density at radius 3 is 1.65 bits per heavy atom. The molecule has 0 fully saturated rings. The molecule has 2 heterocycles. The second-order valence-electron chi connectivity index (χ2n) is 13.2. The average molecular weight is 650 g/mol. The van der Waals surface area contributed by atoms with Crippen molar-refractivity contribution in [1.82, 2.24) is 15.0 Å². The Morgan fingerprint density at radius 2 is 0.902 bits per heavy atom. The van der Waals surface area contributed by atoms with E-state index in [0.717, 1.165) is 49.4 Å². The summed E-state index contributed by atoms with van der Waals surface area (Å²) in [5.74, 6) is 1.86. The van der Waals surface area contributed by atoms with Crippen molar-refractivity contribution in [1.29, 1.82) is 0 Å². The van der Waals surface area contributed by atoms with Crippen molar-refractivity contribution >= 4 is 43.5 Å². The van der Waals surface area contributed by atoms with E-state index in [1.807, 2.05) is 48.5 Å². The molecule has 51 heavy (non-hydrogen) atoms. The summed E-state index contributed by atoms with van der Waals surface area (Å²) in [4.78, 5) is 15.3. The molecule has 2 aromatic heterocycles. The minimum absolute atomic E-state index is 0.609. The lowest BCUT2D eigenvalue weighted by Gasteiger charge is -2.10. The van der Waals surface area contributed by atoms with Gasteiger partial charge in [0.2, 0.25) is 0 Å². The van der Waals surface area contributed by atoms with Gasteiger partial charge >= 0.3 is 0 Å². The molecule has 0 saturated heterocycles. The number of rotatable bonds is 4. The Hall–Kier alpha value is -6.91. The predicted octanol–water partition coefficient (Wildman–Crippen LogP) is 12.4. The van der Waals surface area contributed by atoms with E-state index in [1.165, 1.54) is 44.2 Å². The summed E-state index contributed by atoms with van der Waals surface area (Å²) in [6, 6.07) is 57.4. The molecule has 0 amide bonds. The molecular formula is C47H27N3O. The van der Waals surface area contributed by atoms with Crippen molar-refractivity contribution in [2.24, 2.45) is 0 Å². The summed E-state index contributed by atoms with van der Waals surface area (Å²) in [5.41, 5.74) is 11.8. The molecule has 0 saturated carbocycles. The summed E-state index contributed by atoms with van der Waals surface area (Å²) < 4.78 is 6.58. The Balaban J connectivity index is 1.10.